The Bertz CT molecular complexity index is 1300. The maximum atomic E-state index is 14.3. The first-order valence-corrected chi connectivity index (χ1v) is 14.1. The van der Waals surface area contributed by atoms with E-state index in [2.05, 4.69) is 45.9 Å². The molecule has 3 aliphatic heterocycles. The molecule has 2 fully saturated rings. The minimum atomic E-state index is -0.258. The number of fused-ring (bicyclic) bond motifs is 3. The van der Waals surface area contributed by atoms with E-state index in [1.165, 1.54) is 29.4 Å². The number of carbonyl (C=O) groups excluding carboxylic acids is 1. The first-order valence-electron chi connectivity index (χ1n) is 14.1. The van der Waals surface area contributed by atoms with E-state index in [4.69, 9.17) is 0 Å². The van der Waals surface area contributed by atoms with Crippen LogP contribution < -0.4 is 9.80 Å². The smallest absolute Gasteiger partial charge is 0.222 e. The van der Waals surface area contributed by atoms with Crippen molar-refractivity contribution in [1.82, 2.24) is 9.80 Å². The highest BCUT2D eigenvalue weighted by Gasteiger charge is 2.42. The van der Waals surface area contributed by atoms with Gasteiger partial charge in [-0.3, -0.25) is 4.79 Å². The van der Waals surface area contributed by atoms with Crippen molar-refractivity contribution in [1.29, 1.82) is 0 Å². The van der Waals surface area contributed by atoms with Gasteiger partial charge in [-0.2, -0.15) is 0 Å². The lowest BCUT2D eigenvalue weighted by Gasteiger charge is -2.39. The molecule has 2 saturated heterocycles. The van der Waals surface area contributed by atoms with Crippen molar-refractivity contribution in [2.45, 2.75) is 38.1 Å². The Hall–Kier alpha value is -3.45. The molecule has 39 heavy (non-hydrogen) atoms. The van der Waals surface area contributed by atoms with Crippen LogP contribution in [0.25, 0.3) is 0 Å². The van der Waals surface area contributed by atoms with Gasteiger partial charge in [-0.15, -0.1) is 0 Å². The van der Waals surface area contributed by atoms with E-state index in [0.717, 1.165) is 75.6 Å². The average molecular weight is 531 g/mol. The van der Waals surface area contributed by atoms with Crippen LogP contribution in [0.4, 0.5) is 25.8 Å². The van der Waals surface area contributed by atoms with Crippen LogP contribution >= 0.6 is 0 Å². The summed E-state index contributed by atoms with van der Waals surface area (Å²) in [7, 11) is 0. The lowest BCUT2D eigenvalue weighted by molar-refractivity contribution is -0.131. The van der Waals surface area contributed by atoms with Gasteiger partial charge in [0.2, 0.25) is 5.91 Å². The van der Waals surface area contributed by atoms with Crippen molar-refractivity contribution in [3.63, 3.8) is 0 Å². The standard InChI is InChI=1S/C32H36F2N4O/c1-23-4-9-26(10-5-23)36-17-19-37(20-18-36)32(39)3-2-15-35-16-14-31-29(22-35)28-21-25(34)8-13-30(28)38(31)27-11-6-24(33)7-12-27/h4-13,21,29,31H,2-3,14-20,22H2,1H3. The summed E-state index contributed by atoms with van der Waals surface area (Å²) >= 11 is 0. The van der Waals surface area contributed by atoms with Crippen molar-refractivity contribution < 1.29 is 13.6 Å². The number of halogens is 2. The number of amides is 1. The van der Waals surface area contributed by atoms with E-state index in [9.17, 15) is 13.6 Å². The Kier molecular flexibility index (Phi) is 7.26. The maximum absolute atomic E-state index is 14.3. The second kappa shape index (κ2) is 11.0. The van der Waals surface area contributed by atoms with E-state index >= 15 is 0 Å². The summed E-state index contributed by atoms with van der Waals surface area (Å²) in [6, 6.07) is 20.4. The van der Waals surface area contributed by atoms with Gasteiger partial charge in [-0.1, -0.05) is 17.7 Å². The number of piperazine rings is 1. The largest absolute Gasteiger partial charge is 0.368 e. The fourth-order valence-corrected chi connectivity index (χ4v) is 6.56. The highest BCUT2D eigenvalue weighted by Crippen LogP contribution is 2.48. The Morgan fingerprint density at radius 3 is 2.28 bits per heavy atom. The van der Waals surface area contributed by atoms with Crippen LogP contribution in [0.15, 0.2) is 66.7 Å². The third kappa shape index (κ3) is 5.37. The molecule has 3 heterocycles. The maximum Gasteiger partial charge on any atom is 0.222 e. The lowest BCUT2D eigenvalue weighted by Crippen LogP contribution is -2.49. The van der Waals surface area contributed by atoms with Crippen LogP contribution in [0, 0.1) is 18.6 Å². The number of carbonyl (C=O) groups is 1. The molecule has 3 aliphatic rings. The zero-order valence-corrected chi connectivity index (χ0v) is 22.5. The number of anilines is 3. The summed E-state index contributed by atoms with van der Waals surface area (Å²) in [6.45, 7) is 7.98. The minimum absolute atomic E-state index is 0.181. The molecule has 0 radical (unpaired) electrons. The zero-order valence-electron chi connectivity index (χ0n) is 22.5. The monoisotopic (exact) mass is 530 g/mol. The molecule has 0 bridgehead atoms. The molecular weight excluding hydrogens is 494 g/mol. The third-order valence-corrected chi connectivity index (χ3v) is 8.64. The molecule has 0 spiro atoms. The van der Waals surface area contributed by atoms with E-state index < -0.39 is 0 Å². The SMILES string of the molecule is Cc1ccc(N2CCN(C(=O)CCCN3CCC4C(C3)c3cc(F)ccc3N4c3ccc(F)cc3)CC2)cc1. The van der Waals surface area contributed by atoms with E-state index in [0.29, 0.717) is 6.42 Å². The second-order valence-electron chi connectivity index (χ2n) is 11.1. The van der Waals surface area contributed by atoms with Gasteiger partial charge >= 0.3 is 0 Å². The molecule has 0 aromatic heterocycles. The molecular formula is C32H36F2N4O. The lowest BCUT2D eigenvalue weighted by atomic mass is 9.89. The molecule has 3 aromatic carbocycles. The van der Waals surface area contributed by atoms with E-state index in [1.54, 1.807) is 6.07 Å². The predicted molar refractivity (Wildman–Crippen MR) is 152 cm³/mol. The number of likely N-dealkylation sites (tertiary alicyclic amines) is 1. The number of rotatable bonds is 6. The molecule has 1 amide bonds. The number of hydrogen-bond donors (Lipinski definition) is 0. The normalized spacial score (nSPS) is 21.2. The van der Waals surface area contributed by atoms with Gasteiger partial charge in [0.1, 0.15) is 11.6 Å². The van der Waals surface area contributed by atoms with Gasteiger partial charge in [0, 0.05) is 74.7 Å². The summed E-state index contributed by atoms with van der Waals surface area (Å²) in [4.78, 5) is 22.0. The molecule has 0 aliphatic carbocycles. The van der Waals surface area contributed by atoms with Gasteiger partial charge < -0.3 is 19.6 Å². The minimum Gasteiger partial charge on any atom is -0.368 e. The molecule has 0 N–H and O–H groups in total. The van der Waals surface area contributed by atoms with Crippen molar-refractivity contribution in [3.05, 3.63) is 89.5 Å². The molecule has 6 rings (SSSR count). The topological polar surface area (TPSA) is 30.0 Å². The summed E-state index contributed by atoms with van der Waals surface area (Å²) in [5.41, 5.74) is 5.46. The molecule has 204 valence electrons. The van der Waals surface area contributed by atoms with Crippen LogP contribution in [0.5, 0.6) is 0 Å². The summed E-state index contributed by atoms with van der Waals surface area (Å²) in [5.74, 6) is -0.0609. The average Bonchev–Trinajstić information content (AvgIpc) is 3.27. The van der Waals surface area contributed by atoms with Crippen LogP contribution in [0.2, 0.25) is 0 Å². The Morgan fingerprint density at radius 1 is 0.846 bits per heavy atom. The fraction of sp³-hybridized carbons (Fsp3) is 0.406. The van der Waals surface area contributed by atoms with Gasteiger partial charge in [-0.25, -0.2) is 8.78 Å². The van der Waals surface area contributed by atoms with Gasteiger partial charge in [-0.05, 0) is 86.5 Å². The van der Waals surface area contributed by atoms with Crippen LogP contribution in [0.3, 0.4) is 0 Å². The highest BCUT2D eigenvalue weighted by molar-refractivity contribution is 5.76. The van der Waals surface area contributed by atoms with Crippen molar-refractivity contribution >= 4 is 23.0 Å². The number of piperidine rings is 1. The van der Waals surface area contributed by atoms with Gasteiger partial charge in [0.15, 0.2) is 0 Å². The van der Waals surface area contributed by atoms with Crippen LogP contribution in [0.1, 0.15) is 36.3 Å². The van der Waals surface area contributed by atoms with E-state index in [-0.39, 0.29) is 29.5 Å². The van der Waals surface area contributed by atoms with Crippen LogP contribution in [-0.2, 0) is 4.79 Å². The Labute approximate surface area is 229 Å². The van der Waals surface area contributed by atoms with Crippen molar-refractivity contribution in [3.8, 4) is 0 Å². The summed E-state index contributed by atoms with van der Waals surface area (Å²) in [5, 5.41) is 0. The second-order valence-corrected chi connectivity index (χ2v) is 11.1. The summed E-state index contributed by atoms with van der Waals surface area (Å²) < 4.78 is 27.9. The van der Waals surface area contributed by atoms with Crippen molar-refractivity contribution in [2.75, 3.05) is 55.6 Å². The molecule has 2 unspecified atom stereocenters. The summed E-state index contributed by atoms with van der Waals surface area (Å²) in [6.07, 6.45) is 2.32. The van der Waals surface area contributed by atoms with E-state index in [1.807, 2.05) is 23.1 Å². The number of benzene rings is 3. The Morgan fingerprint density at radius 2 is 1.54 bits per heavy atom. The Balaban J connectivity index is 1.03. The van der Waals surface area contributed by atoms with Crippen LogP contribution in [-0.4, -0.2) is 67.6 Å². The molecule has 7 heteroatoms. The first-order chi connectivity index (χ1) is 19.0. The first kappa shape index (κ1) is 25.8. The van der Waals surface area contributed by atoms with Crippen molar-refractivity contribution in [2.24, 2.45) is 0 Å². The predicted octanol–water partition coefficient (Wildman–Crippen LogP) is 5.71. The zero-order chi connectivity index (χ0) is 26.9. The quantitative estimate of drug-likeness (QED) is 0.408. The molecule has 0 saturated carbocycles. The fourth-order valence-electron chi connectivity index (χ4n) is 6.56. The van der Waals surface area contributed by atoms with Gasteiger partial charge in [0.05, 0.1) is 0 Å². The highest BCUT2D eigenvalue weighted by atomic mass is 19.1. The molecule has 3 aromatic rings. The number of nitrogens with zero attached hydrogens (tertiary/aromatic N) is 4. The number of aryl methyl sites for hydroxylation is 1. The molecule has 5 nitrogen and oxygen atoms in total. The third-order valence-electron chi connectivity index (χ3n) is 8.64. The number of hydrogen-bond acceptors (Lipinski definition) is 4. The molecule has 2 atom stereocenters. The van der Waals surface area contributed by atoms with Gasteiger partial charge in [0.25, 0.3) is 0 Å².